The third kappa shape index (κ3) is 2.92. The number of benzene rings is 1. The number of carbonyl (C=O) groups excluding carboxylic acids is 2. The molecule has 0 heterocycles. The molecule has 0 saturated heterocycles. The molecule has 0 aromatic heterocycles. The lowest BCUT2D eigenvalue weighted by Gasteiger charge is -2.10. The monoisotopic (exact) mass is 220 g/mol. The zero-order valence-corrected chi connectivity index (χ0v) is 9.66. The number of carbonyl (C=O) groups is 2. The van der Waals surface area contributed by atoms with Crippen LogP contribution in [0, 0.1) is 6.92 Å². The van der Waals surface area contributed by atoms with Crippen molar-refractivity contribution in [1.29, 1.82) is 0 Å². The lowest BCUT2D eigenvalue weighted by molar-refractivity contribution is -0.107. The summed E-state index contributed by atoms with van der Waals surface area (Å²) in [5.74, 6) is -0.304. The van der Waals surface area contributed by atoms with Crippen LogP contribution in [-0.4, -0.2) is 18.9 Å². The van der Waals surface area contributed by atoms with Crippen molar-refractivity contribution < 1.29 is 14.3 Å². The predicted molar refractivity (Wildman–Crippen MR) is 61.5 cm³/mol. The molecule has 0 atom stereocenters. The second kappa shape index (κ2) is 6.05. The van der Waals surface area contributed by atoms with E-state index in [2.05, 4.69) is 0 Å². The van der Waals surface area contributed by atoms with Crippen LogP contribution in [0.2, 0.25) is 0 Å². The molecule has 1 aromatic carbocycles. The molecule has 0 aliphatic carbocycles. The Morgan fingerprint density at radius 2 is 2.19 bits per heavy atom. The van der Waals surface area contributed by atoms with Crippen molar-refractivity contribution in [3.05, 3.63) is 34.9 Å². The lowest BCUT2D eigenvalue weighted by atomic mass is 9.99. The van der Waals surface area contributed by atoms with Crippen LogP contribution in [-0.2, 0) is 16.0 Å². The Morgan fingerprint density at radius 1 is 1.44 bits per heavy atom. The number of hydrogen-bond donors (Lipinski definition) is 0. The third-order valence-electron chi connectivity index (χ3n) is 2.37. The van der Waals surface area contributed by atoms with Gasteiger partial charge in [-0.1, -0.05) is 18.2 Å². The predicted octanol–water partition coefficient (Wildman–Crippen LogP) is 2.30. The second-order valence-electron chi connectivity index (χ2n) is 3.53. The smallest absolute Gasteiger partial charge is 0.338 e. The molecule has 1 rings (SSSR count). The minimum Gasteiger partial charge on any atom is -0.462 e. The number of aryl methyl sites for hydroxylation is 2. The fourth-order valence-electron chi connectivity index (χ4n) is 1.65. The number of aldehydes is 1. The van der Waals surface area contributed by atoms with Gasteiger partial charge in [-0.05, 0) is 31.4 Å². The highest BCUT2D eigenvalue weighted by Crippen LogP contribution is 2.17. The van der Waals surface area contributed by atoms with Gasteiger partial charge in [0.1, 0.15) is 6.29 Å². The fourth-order valence-corrected chi connectivity index (χ4v) is 1.65. The standard InChI is InChI=1S/C13H16O3/c1-3-16-13(15)12-10(2)6-4-7-11(12)8-5-9-14/h4,6-7,9H,3,5,8H2,1-2H3. The van der Waals surface area contributed by atoms with E-state index < -0.39 is 0 Å². The number of esters is 1. The van der Waals surface area contributed by atoms with Crippen LogP contribution in [0.5, 0.6) is 0 Å². The van der Waals surface area contributed by atoms with E-state index in [1.54, 1.807) is 6.92 Å². The third-order valence-corrected chi connectivity index (χ3v) is 2.37. The molecule has 0 aliphatic heterocycles. The average molecular weight is 220 g/mol. The van der Waals surface area contributed by atoms with E-state index in [0.717, 1.165) is 17.4 Å². The molecule has 0 fully saturated rings. The summed E-state index contributed by atoms with van der Waals surface area (Å²) >= 11 is 0. The number of hydrogen-bond acceptors (Lipinski definition) is 3. The minimum atomic E-state index is -0.304. The topological polar surface area (TPSA) is 43.4 Å². The SMILES string of the molecule is CCOC(=O)c1c(C)cccc1CCC=O. The molecule has 0 unspecified atom stereocenters. The Labute approximate surface area is 95.4 Å². The van der Waals surface area contributed by atoms with Crippen LogP contribution in [0.4, 0.5) is 0 Å². The maximum absolute atomic E-state index is 11.7. The highest BCUT2D eigenvalue weighted by atomic mass is 16.5. The lowest BCUT2D eigenvalue weighted by Crippen LogP contribution is -2.10. The van der Waals surface area contributed by atoms with Gasteiger partial charge in [0.05, 0.1) is 12.2 Å². The van der Waals surface area contributed by atoms with Gasteiger partial charge >= 0.3 is 5.97 Å². The first-order valence-electron chi connectivity index (χ1n) is 5.40. The minimum absolute atomic E-state index is 0.304. The van der Waals surface area contributed by atoms with Crippen molar-refractivity contribution in [2.45, 2.75) is 26.7 Å². The van der Waals surface area contributed by atoms with E-state index in [1.807, 2.05) is 25.1 Å². The molecule has 1 aromatic rings. The van der Waals surface area contributed by atoms with Crippen molar-refractivity contribution >= 4 is 12.3 Å². The molecule has 16 heavy (non-hydrogen) atoms. The van der Waals surface area contributed by atoms with E-state index in [4.69, 9.17) is 4.74 Å². The van der Waals surface area contributed by atoms with Crippen LogP contribution in [0.1, 0.15) is 34.8 Å². The van der Waals surface area contributed by atoms with E-state index in [1.165, 1.54) is 0 Å². The molecule has 0 saturated carbocycles. The fraction of sp³-hybridized carbons (Fsp3) is 0.385. The van der Waals surface area contributed by atoms with Gasteiger partial charge in [-0.3, -0.25) is 0 Å². The van der Waals surface area contributed by atoms with Crippen molar-refractivity contribution in [1.82, 2.24) is 0 Å². The summed E-state index contributed by atoms with van der Waals surface area (Å²) in [5, 5.41) is 0. The van der Waals surface area contributed by atoms with Crippen LogP contribution in [0.25, 0.3) is 0 Å². The molecule has 0 bridgehead atoms. The normalized spacial score (nSPS) is 9.88. The molecule has 0 radical (unpaired) electrons. The molecule has 0 N–H and O–H groups in total. The van der Waals surface area contributed by atoms with Gasteiger partial charge in [-0.2, -0.15) is 0 Å². The van der Waals surface area contributed by atoms with E-state index in [0.29, 0.717) is 25.0 Å². The molecule has 0 spiro atoms. The van der Waals surface area contributed by atoms with Gasteiger partial charge < -0.3 is 9.53 Å². The zero-order valence-electron chi connectivity index (χ0n) is 9.66. The Hall–Kier alpha value is -1.64. The first-order valence-corrected chi connectivity index (χ1v) is 5.40. The van der Waals surface area contributed by atoms with Crippen molar-refractivity contribution in [2.24, 2.45) is 0 Å². The number of ether oxygens (including phenoxy) is 1. The average Bonchev–Trinajstić information content (AvgIpc) is 2.26. The Kier molecular flexibility index (Phi) is 4.70. The molecule has 86 valence electrons. The van der Waals surface area contributed by atoms with Gasteiger partial charge in [-0.25, -0.2) is 4.79 Å². The van der Waals surface area contributed by atoms with E-state index >= 15 is 0 Å². The molecule has 0 aliphatic rings. The molecular weight excluding hydrogens is 204 g/mol. The molecular formula is C13H16O3. The maximum atomic E-state index is 11.7. The van der Waals surface area contributed by atoms with Crippen molar-refractivity contribution in [3.63, 3.8) is 0 Å². The Bertz CT molecular complexity index is 383. The summed E-state index contributed by atoms with van der Waals surface area (Å²) in [6.45, 7) is 4.01. The quantitative estimate of drug-likeness (QED) is 0.565. The van der Waals surface area contributed by atoms with E-state index in [-0.39, 0.29) is 5.97 Å². The number of rotatable bonds is 5. The molecule has 0 amide bonds. The van der Waals surface area contributed by atoms with Crippen molar-refractivity contribution in [2.75, 3.05) is 6.61 Å². The Morgan fingerprint density at radius 3 is 2.81 bits per heavy atom. The van der Waals surface area contributed by atoms with Crippen LogP contribution >= 0.6 is 0 Å². The van der Waals surface area contributed by atoms with Gasteiger partial charge in [0.2, 0.25) is 0 Å². The summed E-state index contributed by atoms with van der Waals surface area (Å²) < 4.78 is 5.00. The Balaban J connectivity index is 3.02. The highest BCUT2D eigenvalue weighted by molar-refractivity contribution is 5.92. The summed E-state index contributed by atoms with van der Waals surface area (Å²) in [5.41, 5.74) is 2.37. The first-order chi connectivity index (χ1) is 7.70. The summed E-state index contributed by atoms with van der Waals surface area (Å²) in [6.07, 6.45) is 1.87. The molecule has 3 nitrogen and oxygen atoms in total. The highest BCUT2D eigenvalue weighted by Gasteiger charge is 2.14. The summed E-state index contributed by atoms with van der Waals surface area (Å²) in [4.78, 5) is 22.1. The summed E-state index contributed by atoms with van der Waals surface area (Å²) in [7, 11) is 0. The van der Waals surface area contributed by atoms with Gasteiger partial charge in [-0.15, -0.1) is 0 Å². The largest absolute Gasteiger partial charge is 0.462 e. The summed E-state index contributed by atoms with van der Waals surface area (Å²) in [6, 6.07) is 5.62. The van der Waals surface area contributed by atoms with Crippen LogP contribution in [0.3, 0.4) is 0 Å². The maximum Gasteiger partial charge on any atom is 0.338 e. The van der Waals surface area contributed by atoms with Gasteiger partial charge in [0.15, 0.2) is 0 Å². The van der Waals surface area contributed by atoms with Crippen molar-refractivity contribution in [3.8, 4) is 0 Å². The van der Waals surface area contributed by atoms with E-state index in [9.17, 15) is 9.59 Å². The second-order valence-corrected chi connectivity index (χ2v) is 3.53. The molecule has 3 heteroatoms. The first kappa shape index (κ1) is 12.4. The van der Waals surface area contributed by atoms with Gasteiger partial charge in [0.25, 0.3) is 0 Å². The van der Waals surface area contributed by atoms with Crippen LogP contribution in [0.15, 0.2) is 18.2 Å². The van der Waals surface area contributed by atoms with Crippen LogP contribution < -0.4 is 0 Å². The zero-order chi connectivity index (χ0) is 12.0. The van der Waals surface area contributed by atoms with Gasteiger partial charge in [0, 0.05) is 6.42 Å².